The Hall–Kier alpha value is -2.66. The lowest BCUT2D eigenvalue weighted by molar-refractivity contribution is -0.163. The van der Waals surface area contributed by atoms with Crippen molar-refractivity contribution in [3.63, 3.8) is 0 Å². The molecule has 0 aliphatic carbocycles. The quantitative estimate of drug-likeness (QED) is 0.0388. The van der Waals surface area contributed by atoms with E-state index in [0.717, 1.165) is 103 Å². The highest BCUT2D eigenvalue weighted by atomic mass is 16.6. The van der Waals surface area contributed by atoms with E-state index in [9.17, 15) is 9.59 Å². The van der Waals surface area contributed by atoms with Gasteiger partial charge in [0.1, 0.15) is 6.61 Å². The molecule has 0 N–H and O–H groups in total. The third-order valence-electron chi connectivity index (χ3n) is 7.74. The molecule has 0 rings (SSSR count). The van der Waals surface area contributed by atoms with Crippen LogP contribution in [0.25, 0.3) is 0 Å². The standard InChI is InChI=1S/C43H72O5/c1-4-7-10-13-16-18-20-22-24-26-28-30-33-36-42(44)47-40-41(39-46-38-35-32-15-12-9-6-3)48-43(45)37-34-31-29-27-25-23-21-19-17-14-11-8-5-2/h7-8,10-11,16-19,22-25,41H,4-6,9,12-15,20-21,26-40H2,1-3H3/b10-7-,11-8-,18-16-,19-17-,24-22-,25-23-. The van der Waals surface area contributed by atoms with Gasteiger partial charge in [-0.2, -0.15) is 0 Å². The van der Waals surface area contributed by atoms with Crippen molar-refractivity contribution in [3.8, 4) is 0 Å². The van der Waals surface area contributed by atoms with E-state index < -0.39 is 6.10 Å². The van der Waals surface area contributed by atoms with E-state index in [0.29, 0.717) is 19.4 Å². The maximum atomic E-state index is 12.6. The number of carbonyl (C=O) groups excluding carboxylic acids is 2. The summed E-state index contributed by atoms with van der Waals surface area (Å²) in [5, 5.41) is 0. The summed E-state index contributed by atoms with van der Waals surface area (Å²) in [5.41, 5.74) is 0. The van der Waals surface area contributed by atoms with Crippen LogP contribution in [0.1, 0.15) is 162 Å². The highest BCUT2D eigenvalue weighted by Gasteiger charge is 2.17. The normalized spacial score (nSPS) is 13.0. The molecular weight excluding hydrogens is 596 g/mol. The van der Waals surface area contributed by atoms with Crippen molar-refractivity contribution >= 4 is 11.9 Å². The van der Waals surface area contributed by atoms with Gasteiger partial charge in [-0.3, -0.25) is 9.59 Å². The van der Waals surface area contributed by atoms with Gasteiger partial charge in [0.05, 0.1) is 6.61 Å². The largest absolute Gasteiger partial charge is 0.462 e. The molecule has 1 atom stereocenters. The van der Waals surface area contributed by atoms with Crippen molar-refractivity contribution < 1.29 is 23.8 Å². The SMILES string of the molecule is CC/C=C\C/C=C\C/C=C\CCCCCC(=O)OCC(COCCCCCCCC)OC(=O)CCCCC/C=C\C/C=C\C/C=C\CC. The molecule has 1 unspecified atom stereocenters. The van der Waals surface area contributed by atoms with Gasteiger partial charge in [-0.05, 0) is 83.5 Å². The fraction of sp³-hybridized carbons (Fsp3) is 0.674. The molecule has 0 saturated heterocycles. The van der Waals surface area contributed by atoms with E-state index in [1.807, 2.05) is 0 Å². The first kappa shape index (κ1) is 45.3. The Morgan fingerprint density at radius 1 is 0.479 bits per heavy atom. The van der Waals surface area contributed by atoms with Crippen LogP contribution in [0.4, 0.5) is 0 Å². The summed E-state index contributed by atoms with van der Waals surface area (Å²) >= 11 is 0. The van der Waals surface area contributed by atoms with Crippen LogP contribution >= 0.6 is 0 Å². The van der Waals surface area contributed by atoms with Crippen molar-refractivity contribution in [2.75, 3.05) is 19.8 Å². The number of unbranched alkanes of at least 4 members (excludes halogenated alkanes) is 11. The molecule has 0 aromatic rings. The van der Waals surface area contributed by atoms with Gasteiger partial charge in [-0.25, -0.2) is 0 Å². The molecule has 5 heteroatoms. The minimum absolute atomic E-state index is 0.0553. The molecule has 0 bridgehead atoms. The molecule has 0 saturated carbocycles. The summed E-state index contributed by atoms with van der Waals surface area (Å²) in [6, 6.07) is 0. The van der Waals surface area contributed by atoms with Crippen LogP contribution in [-0.2, 0) is 23.8 Å². The first-order valence-corrected chi connectivity index (χ1v) is 19.5. The van der Waals surface area contributed by atoms with Crippen LogP contribution in [0, 0.1) is 0 Å². The van der Waals surface area contributed by atoms with Gasteiger partial charge in [-0.15, -0.1) is 0 Å². The summed E-state index contributed by atoms with van der Waals surface area (Å²) in [6.45, 7) is 7.46. The summed E-state index contributed by atoms with van der Waals surface area (Å²) in [4.78, 5) is 25.0. The van der Waals surface area contributed by atoms with Crippen LogP contribution in [-0.4, -0.2) is 37.9 Å². The zero-order valence-electron chi connectivity index (χ0n) is 31.2. The van der Waals surface area contributed by atoms with Gasteiger partial charge >= 0.3 is 11.9 Å². The van der Waals surface area contributed by atoms with Gasteiger partial charge < -0.3 is 14.2 Å². The number of esters is 2. The van der Waals surface area contributed by atoms with Crippen molar-refractivity contribution in [1.82, 2.24) is 0 Å². The molecule has 0 fully saturated rings. The monoisotopic (exact) mass is 669 g/mol. The predicted molar refractivity (Wildman–Crippen MR) is 205 cm³/mol. The molecule has 0 aliphatic rings. The first-order valence-electron chi connectivity index (χ1n) is 19.5. The third kappa shape index (κ3) is 36.2. The molecule has 0 aromatic heterocycles. The number of carbonyl (C=O) groups is 2. The van der Waals surface area contributed by atoms with E-state index in [-0.39, 0.29) is 25.2 Å². The van der Waals surface area contributed by atoms with Crippen LogP contribution in [0.5, 0.6) is 0 Å². The van der Waals surface area contributed by atoms with E-state index in [1.165, 1.54) is 25.7 Å². The molecule has 0 spiro atoms. The Morgan fingerprint density at radius 3 is 1.48 bits per heavy atom. The number of ether oxygens (including phenoxy) is 3. The minimum atomic E-state index is -0.558. The van der Waals surface area contributed by atoms with E-state index >= 15 is 0 Å². The zero-order valence-corrected chi connectivity index (χ0v) is 31.2. The molecule has 0 amide bonds. The lowest BCUT2D eigenvalue weighted by Gasteiger charge is -2.18. The minimum Gasteiger partial charge on any atom is -0.462 e. The summed E-state index contributed by atoms with van der Waals surface area (Å²) in [7, 11) is 0. The highest BCUT2D eigenvalue weighted by Crippen LogP contribution is 2.10. The van der Waals surface area contributed by atoms with Gasteiger partial charge in [0, 0.05) is 19.4 Å². The Labute approximate surface area is 296 Å². The lowest BCUT2D eigenvalue weighted by Crippen LogP contribution is -2.30. The fourth-order valence-corrected chi connectivity index (χ4v) is 4.89. The zero-order chi connectivity index (χ0) is 35.0. The van der Waals surface area contributed by atoms with Crippen molar-refractivity contribution in [2.45, 2.75) is 168 Å². The molecule has 0 heterocycles. The Balaban J connectivity index is 4.29. The molecular formula is C43H72O5. The second kappa shape index (κ2) is 38.8. The smallest absolute Gasteiger partial charge is 0.306 e. The predicted octanol–water partition coefficient (Wildman–Crippen LogP) is 12.4. The average molecular weight is 669 g/mol. The topological polar surface area (TPSA) is 61.8 Å². The number of hydrogen-bond donors (Lipinski definition) is 0. The van der Waals surface area contributed by atoms with Crippen molar-refractivity contribution in [3.05, 3.63) is 72.9 Å². The van der Waals surface area contributed by atoms with Crippen LogP contribution in [0.2, 0.25) is 0 Å². The van der Waals surface area contributed by atoms with Gasteiger partial charge in [0.15, 0.2) is 6.10 Å². The molecule has 48 heavy (non-hydrogen) atoms. The number of hydrogen-bond acceptors (Lipinski definition) is 5. The Kier molecular flexibility index (Phi) is 36.6. The summed E-state index contributed by atoms with van der Waals surface area (Å²) < 4.78 is 17.1. The highest BCUT2D eigenvalue weighted by molar-refractivity contribution is 5.70. The molecule has 0 aromatic carbocycles. The molecule has 5 nitrogen and oxygen atoms in total. The summed E-state index contributed by atoms with van der Waals surface area (Å²) in [5.74, 6) is -0.476. The lowest BCUT2D eigenvalue weighted by atomic mass is 10.1. The average Bonchev–Trinajstić information content (AvgIpc) is 3.08. The molecule has 0 radical (unpaired) electrons. The maximum Gasteiger partial charge on any atom is 0.306 e. The number of allylic oxidation sites excluding steroid dienone is 12. The number of rotatable bonds is 34. The fourth-order valence-electron chi connectivity index (χ4n) is 4.89. The molecule has 274 valence electrons. The first-order chi connectivity index (χ1) is 23.6. The maximum absolute atomic E-state index is 12.6. The van der Waals surface area contributed by atoms with E-state index in [4.69, 9.17) is 14.2 Å². The Bertz CT molecular complexity index is 895. The third-order valence-corrected chi connectivity index (χ3v) is 7.74. The van der Waals surface area contributed by atoms with Crippen LogP contribution < -0.4 is 0 Å². The summed E-state index contributed by atoms with van der Waals surface area (Å²) in [6.07, 6.45) is 47.6. The second-order valence-corrected chi connectivity index (χ2v) is 12.4. The second-order valence-electron chi connectivity index (χ2n) is 12.4. The van der Waals surface area contributed by atoms with E-state index in [1.54, 1.807) is 0 Å². The van der Waals surface area contributed by atoms with Crippen molar-refractivity contribution in [2.24, 2.45) is 0 Å². The van der Waals surface area contributed by atoms with Crippen molar-refractivity contribution in [1.29, 1.82) is 0 Å². The van der Waals surface area contributed by atoms with Gasteiger partial charge in [0.2, 0.25) is 0 Å². The Morgan fingerprint density at radius 2 is 0.938 bits per heavy atom. The van der Waals surface area contributed by atoms with Gasteiger partial charge in [-0.1, -0.05) is 139 Å². The van der Waals surface area contributed by atoms with E-state index in [2.05, 4.69) is 93.7 Å². The van der Waals surface area contributed by atoms with Crippen LogP contribution in [0.3, 0.4) is 0 Å². The molecule has 0 aliphatic heterocycles. The van der Waals surface area contributed by atoms with Gasteiger partial charge in [0.25, 0.3) is 0 Å². The van der Waals surface area contributed by atoms with Crippen LogP contribution in [0.15, 0.2) is 72.9 Å².